The lowest BCUT2D eigenvalue weighted by Crippen LogP contribution is -2.57. The summed E-state index contributed by atoms with van der Waals surface area (Å²) in [5.41, 5.74) is 1.12. The molecule has 5 fully saturated rings. The van der Waals surface area contributed by atoms with Crippen molar-refractivity contribution in [3.8, 4) is 0 Å². The highest BCUT2D eigenvalue weighted by atomic mass is 16.2. The van der Waals surface area contributed by atoms with Crippen LogP contribution in [0, 0.1) is 29.1 Å². The Labute approximate surface area is 180 Å². The highest BCUT2D eigenvalue weighted by Gasteiger charge is 2.53. The largest absolute Gasteiger partial charge is 0.353 e. The Morgan fingerprint density at radius 1 is 1.03 bits per heavy atom. The number of amides is 3. The first-order chi connectivity index (χ1) is 14.5. The second kappa shape index (κ2) is 7.90. The summed E-state index contributed by atoms with van der Waals surface area (Å²) in [4.78, 5) is 27.6. The molecule has 162 valence electrons. The van der Waals surface area contributed by atoms with Gasteiger partial charge >= 0.3 is 6.03 Å². The van der Waals surface area contributed by atoms with Gasteiger partial charge in [0.25, 0.3) is 0 Å². The molecule has 1 heterocycles. The molecule has 0 spiro atoms. The molecule has 1 saturated heterocycles. The third-order valence-electron chi connectivity index (χ3n) is 8.47. The van der Waals surface area contributed by atoms with E-state index in [1.807, 2.05) is 30.3 Å². The minimum atomic E-state index is -0.104. The molecular formula is C25H35N3O2. The van der Waals surface area contributed by atoms with Crippen LogP contribution in [-0.4, -0.2) is 36.0 Å². The molecule has 6 rings (SSSR count). The van der Waals surface area contributed by atoms with Crippen molar-refractivity contribution in [3.05, 3.63) is 30.3 Å². The lowest BCUT2D eigenvalue weighted by Gasteiger charge is -2.59. The molecule has 5 heteroatoms. The molecule has 5 aliphatic rings. The quantitative estimate of drug-likeness (QED) is 0.760. The van der Waals surface area contributed by atoms with Gasteiger partial charge in [0.2, 0.25) is 5.91 Å². The van der Waals surface area contributed by atoms with E-state index in [1.165, 1.54) is 38.5 Å². The fourth-order valence-corrected chi connectivity index (χ4v) is 7.29. The van der Waals surface area contributed by atoms with Crippen molar-refractivity contribution in [2.75, 3.05) is 18.4 Å². The summed E-state index contributed by atoms with van der Waals surface area (Å²) in [6.07, 6.45) is 9.93. The summed E-state index contributed by atoms with van der Waals surface area (Å²) in [6.45, 7) is 3.47. The van der Waals surface area contributed by atoms with E-state index in [0.29, 0.717) is 18.5 Å². The van der Waals surface area contributed by atoms with Gasteiger partial charge in [-0.3, -0.25) is 4.79 Å². The summed E-state index contributed by atoms with van der Waals surface area (Å²) in [5, 5.41) is 6.37. The zero-order valence-electron chi connectivity index (χ0n) is 18.1. The van der Waals surface area contributed by atoms with Crippen molar-refractivity contribution in [3.63, 3.8) is 0 Å². The number of nitrogens with one attached hydrogen (secondary N) is 2. The van der Waals surface area contributed by atoms with Crippen LogP contribution in [0.3, 0.4) is 0 Å². The van der Waals surface area contributed by atoms with Crippen LogP contribution in [0.5, 0.6) is 0 Å². The first-order valence-electron chi connectivity index (χ1n) is 11.9. The van der Waals surface area contributed by atoms with Crippen LogP contribution in [0.25, 0.3) is 0 Å². The Morgan fingerprint density at radius 2 is 1.67 bits per heavy atom. The molecule has 5 nitrogen and oxygen atoms in total. The molecule has 1 aliphatic heterocycles. The summed E-state index contributed by atoms with van der Waals surface area (Å²) in [5.74, 6) is 2.72. The predicted octanol–water partition coefficient (Wildman–Crippen LogP) is 4.65. The number of hydrogen-bond donors (Lipinski definition) is 2. The predicted molar refractivity (Wildman–Crippen MR) is 118 cm³/mol. The van der Waals surface area contributed by atoms with Gasteiger partial charge in [0.1, 0.15) is 0 Å². The van der Waals surface area contributed by atoms with Gasteiger partial charge in [-0.2, -0.15) is 0 Å². The fourth-order valence-electron chi connectivity index (χ4n) is 7.29. The first kappa shape index (κ1) is 19.9. The average molecular weight is 410 g/mol. The smallest absolute Gasteiger partial charge is 0.321 e. The van der Waals surface area contributed by atoms with Gasteiger partial charge in [-0.05, 0) is 93.6 Å². The average Bonchev–Trinajstić information content (AvgIpc) is 2.73. The number of piperidine rings is 1. The molecule has 30 heavy (non-hydrogen) atoms. The Kier molecular flexibility index (Phi) is 5.24. The van der Waals surface area contributed by atoms with Crippen molar-refractivity contribution in [2.45, 2.75) is 64.3 Å². The maximum absolute atomic E-state index is 13.2. The van der Waals surface area contributed by atoms with Crippen molar-refractivity contribution in [1.29, 1.82) is 0 Å². The number of anilines is 1. The Balaban J connectivity index is 1.18. The van der Waals surface area contributed by atoms with Gasteiger partial charge in [-0.1, -0.05) is 18.2 Å². The number of para-hydroxylation sites is 1. The van der Waals surface area contributed by atoms with E-state index in [0.717, 1.165) is 36.3 Å². The van der Waals surface area contributed by atoms with E-state index in [-0.39, 0.29) is 23.9 Å². The molecule has 4 saturated carbocycles. The second-order valence-corrected chi connectivity index (χ2v) is 10.6. The van der Waals surface area contributed by atoms with E-state index in [1.54, 1.807) is 4.90 Å². The van der Waals surface area contributed by atoms with E-state index in [9.17, 15) is 9.59 Å². The van der Waals surface area contributed by atoms with Crippen LogP contribution in [0.15, 0.2) is 30.3 Å². The minimum Gasteiger partial charge on any atom is -0.353 e. The van der Waals surface area contributed by atoms with Crippen LogP contribution >= 0.6 is 0 Å². The number of carbonyl (C=O) groups is 2. The maximum atomic E-state index is 13.2. The van der Waals surface area contributed by atoms with Crippen LogP contribution in [0.4, 0.5) is 10.5 Å². The molecule has 0 radical (unpaired) electrons. The van der Waals surface area contributed by atoms with Crippen LogP contribution < -0.4 is 10.6 Å². The van der Waals surface area contributed by atoms with Gasteiger partial charge in [0.05, 0.1) is 5.92 Å². The van der Waals surface area contributed by atoms with Gasteiger partial charge < -0.3 is 15.5 Å². The highest BCUT2D eigenvalue weighted by Crippen LogP contribution is 2.61. The van der Waals surface area contributed by atoms with Crippen molar-refractivity contribution in [2.24, 2.45) is 29.1 Å². The van der Waals surface area contributed by atoms with Crippen molar-refractivity contribution in [1.82, 2.24) is 10.2 Å². The fraction of sp³-hybridized carbons (Fsp3) is 0.680. The maximum Gasteiger partial charge on any atom is 0.321 e. The molecule has 4 aliphatic carbocycles. The molecular weight excluding hydrogens is 374 g/mol. The third-order valence-corrected chi connectivity index (χ3v) is 8.47. The molecule has 2 atom stereocenters. The van der Waals surface area contributed by atoms with Crippen LogP contribution in [0.1, 0.15) is 58.3 Å². The highest BCUT2D eigenvalue weighted by molar-refractivity contribution is 5.90. The Morgan fingerprint density at radius 3 is 2.30 bits per heavy atom. The van der Waals surface area contributed by atoms with Crippen molar-refractivity contribution < 1.29 is 9.59 Å². The summed E-state index contributed by atoms with van der Waals surface area (Å²) >= 11 is 0. The number of hydrogen-bond acceptors (Lipinski definition) is 2. The lowest BCUT2D eigenvalue weighted by atomic mass is 9.48. The Hall–Kier alpha value is -2.04. The molecule has 1 aromatic rings. The number of urea groups is 1. The molecule has 0 aromatic heterocycles. The number of benzene rings is 1. The standard InChI is InChI=1S/C25H35N3O2/c1-17(25-13-18-10-19(14-25)12-20(11-18)15-25)26-23(29)21-6-5-9-28(16-21)24(30)27-22-7-3-2-4-8-22/h2-4,7-8,17-21H,5-6,9-16H2,1H3,(H,26,29)(H,27,30)/t17-,18?,19?,20?,21+,25?/m1/s1. The molecule has 2 N–H and O–H groups in total. The summed E-state index contributed by atoms with van der Waals surface area (Å²) in [6, 6.07) is 9.67. The number of nitrogens with zero attached hydrogens (tertiary/aromatic N) is 1. The second-order valence-electron chi connectivity index (χ2n) is 10.6. The molecule has 0 unspecified atom stereocenters. The zero-order chi connectivity index (χ0) is 20.7. The number of rotatable bonds is 4. The minimum absolute atomic E-state index is 0.100. The van der Waals surface area contributed by atoms with Crippen molar-refractivity contribution >= 4 is 17.6 Å². The normalized spacial score (nSPS) is 35.7. The third kappa shape index (κ3) is 3.83. The number of likely N-dealkylation sites (tertiary alicyclic amines) is 1. The zero-order valence-corrected chi connectivity index (χ0v) is 18.1. The molecule has 4 bridgehead atoms. The summed E-state index contributed by atoms with van der Waals surface area (Å²) < 4.78 is 0. The monoisotopic (exact) mass is 409 g/mol. The van der Waals surface area contributed by atoms with E-state index >= 15 is 0 Å². The van der Waals surface area contributed by atoms with E-state index < -0.39 is 0 Å². The Bertz CT molecular complexity index is 758. The topological polar surface area (TPSA) is 61.4 Å². The molecule has 1 aromatic carbocycles. The summed E-state index contributed by atoms with van der Waals surface area (Å²) in [7, 11) is 0. The van der Waals surface area contributed by atoms with Crippen LogP contribution in [-0.2, 0) is 4.79 Å². The van der Waals surface area contributed by atoms with Gasteiger partial charge in [0.15, 0.2) is 0 Å². The van der Waals surface area contributed by atoms with Gasteiger partial charge in [0, 0.05) is 24.8 Å². The van der Waals surface area contributed by atoms with E-state index in [4.69, 9.17) is 0 Å². The van der Waals surface area contributed by atoms with Gasteiger partial charge in [-0.25, -0.2) is 4.79 Å². The number of carbonyl (C=O) groups excluding carboxylic acids is 2. The van der Waals surface area contributed by atoms with Crippen LogP contribution in [0.2, 0.25) is 0 Å². The first-order valence-corrected chi connectivity index (χ1v) is 11.9. The lowest BCUT2D eigenvalue weighted by molar-refractivity contribution is -0.131. The molecule has 3 amide bonds. The SMILES string of the molecule is C[C@@H](NC(=O)[C@H]1CCCN(C(=O)Nc2ccccc2)C1)C12CC3CC(CC(C3)C1)C2. The van der Waals surface area contributed by atoms with Gasteiger partial charge in [-0.15, -0.1) is 0 Å². The van der Waals surface area contributed by atoms with E-state index in [2.05, 4.69) is 17.6 Å².